The SMILES string of the molecule is CC(C)(C)c1ccc(-c2ccccc2N(c2ccccc2)c2ccccc2-c2cccc3cccc(-c4cc(C(C)(C)C)cc(C(C)(C)C)c4)c23)cc1. The molecule has 0 radical (unpaired) electrons. The average molecular weight is 692 g/mol. The summed E-state index contributed by atoms with van der Waals surface area (Å²) < 4.78 is 0. The lowest BCUT2D eigenvalue weighted by Gasteiger charge is -2.30. The van der Waals surface area contributed by atoms with E-state index in [0.717, 1.165) is 17.1 Å². The topological polar surface area (TPSA) is 3.24 Å². The Balaban J connectivity index is 1.48. The molecule has 266 valence electrons. The Morgan fingerprint density at radius 3 is 1.38 bits per heavy atom. The first-order valence-electron chi connectivity index (χ1n) is 19.0. The molecule has 0 N–H and O–H groups in total. The number of benzene rings is 7. The summed E-state index contributed by atoms with van der Waals surface area (Å²) in [7, 11) is 0. The number of rotatable bonds is 6. The van der Waals surface area contributed by atoms with Crippen LogP contribution in [0.15, 0.2) is 158 Å². The highest BCUT2D eigenvalue weighted by atomic mass is 15.1. The Morgan fingerprint density at radius 1 is 0.340 bits per heavy atom. The van der Waals surface area contributed by atoms with Crippen molar-refractivity contribution in [2.45, 2.75) is 78.6 Å². The molecule has 0 unspecified atom stereocenters. The Hall–Kier alpha value is -5.40. The van der Waals surface area contributed by atoms with Crippen LogP contribution in [-0.2, 0) is 16.2 Å². The molecule has 0 atom stereocenters. The van der Waals surface area contributed by atoms with Crippen LogP contribution in [0.25, 0.3) is 44.2 Å². The smallest absolute Gasteiger partial charge is 0.0540 e. The first kappa shape index (κ1) is 36.0. The minimum Gasteiger partial charge on any atom is -0.309 e. The van der Waals surface area contributed by atoms with Crippen LogP contribution in [0.1, 0.15) is 79.0 Å². The van der Waals surface area contributed by atoms with Crippen molar-refractivity contribution in [1.82, 2.24) is 0 Å². The molecule has 7 rings (SSSR count). The molecular weight excluding hydrogens is 639 g/mol. The molecule has 53 heavy (non-hydrogen) atoms. The van der Waals surface area contributed by atoms with Crippen LogP contribution in [0.3, 0.4) is 0 Å². The molecule has 0 saturated carbocycles. The molecule has 0 aromatic heterocycles. The van der Waals surface area contributed by atoms with Gasteiger partial charge in [-0.25, -0.2) is 0 Å². The maximum atomic E-state index is 2.45. The lowest BCUT2D eigenvalue weighted by molar-refractivity contribution is 0.569. The largest absolute Gasteiger partial charge is 0.309 e. The Kier molecular flexibility index (Phi) is 9.41. The summed E-state index contributed by atoms with van der Waals surface area (Å²) >= 11 is 0. The van der Waals surface area contributed by atoms with Gasteiger partial charge in [-0.3, -0.25) is 0 Å². The zero-order valence-electron chi connectivity index (χ0n) is 33.0. The summed E-state index contributed by atoms with van der Waals surface area (Å²) in [6, 6.07) is 58.5. The maximum absolute atomic E-state index is 2.45. The minimum atomic E-state index is 0.0205. The fourth-order valence-corrected chi connectivity index (χ4v) is 7.40. The van der Waals surface area contributed by atoms with E-state index in [4.69, 9.17) is 0 Å². The molecule has 0 heterocycles. The lowest BCUT2D eigenvalue weighted by atomic mass is 9.78. The van der Waals surface area contributed by atoms with Crippen molar-refractivity contribution < 1.29 is 0 Å². The Bertz CT molecular complexity index is 2340. The van der Waals surface area contributed by atoms with Gasteiger partial charge in [0, 0.05) is 16.8 Å². The van der Waals surface area contributed by atoms with Gasteiger partial charge in [-0.05, 0) is 90.2 Å². The van der Waals surface area contributed by atoms with Crippen LogP contribution in [-0.4, -0.2) is 0 Å². The molecule has 7 aromatic carbocycles. The second-order valence-corrected chi connectivity index (χ2v) is 17.5. The molecule has 0 aliphatic carbocycles. The summed E-state index contributed by atoms with van der Waals surface area (Å²) in [5.41, 5.74) is 14.9. The van der Waals surface area contributed by atoms with Gasteiger partial charge >= 0.3 is 0 Å². The Labute approximate surface area is 318 Å². The zero-order valence-corrected chi connectivity index (χ0v) is 33.0. The van der Waals surface area contributed by atoms with Crippen LogP contribution >= 0.6 is 0 Å². The van der Waals surface area contributed by atoms with Crippen molar-refractivity contribution in [3.05, 3.63) is 174 Å². The van der Waals surface area contributed by atoms with Gasteiger partial charge in [-0.2, -0.15) is 0 Å². The van der Waals surface area contributed by atoms with Gasteiger partial charge in [-0.15, -0.1) is 0 Å². The Morgan fingerprint density at radius 2 is 0.811 bits per heavy atom. The molecule has 0 aliphatic rings. The van der Waals surface area contributed by atoms with Crippen molar-refractivity contribution in [2.24, 2.45) is 0 Å². The predicted molar refractivity (Wildman–Crippen MR) is 231 cm³/mol. The van der Waals surface area contributed by atoms with E-state index in [-0.39, 0.29) is 16.2 Å². The molecule has 0 spiro atoms. The highest BCUT2D eigenvalue weighted by Gasteiger charge is 2.24. The van der Waals surface area contributed by atoms with Gasteiger partial charge in [0.15, 0.2) is 0 Å². The number of nitrogens with zero attached hydrogens (tertiary/aromatic N) is 1. The summed E-state index contributed by atoms with van der Waals surface area (Å²) in [6.07, 6.45) is 0. The van der Waals surface area contributed by atoms with E-state index >= 15 is 0 Å². The van der Waals surface area contributed by atoms with E-state index in [1.807, 2.05) is 0 Å². The van der Waals surface area contributed by atoms with E-state index in [1.54, 1.807) is 0 Å². The van der Waals surface area contributed by atoms with E-state index in [0.29, 0.717) is 0 Å². The molecule has 0 aliphatic heterocycles. The van der Waals surface area contributed by atoms with E-state index < -0.39 is 0 Å². The molecule has 0 bridgehead atoms. The van der Waals surface area contributed by atoms with Gasteiger partial charge in [0.1, 0.15) is 0 Å². The van der Waals surface area contributed by atoms with Gasteiger partial charge in [0.05, 0.1) is 11.4 Å². The van der Waals surface area contributed by atoms with Gasteiger partial charge < -0.3 is 4.90 Å². The third-order valence-electron chi connectivity index (χ3n) is 10.5. The quantitative estimate of drug-likeness (QED) is 0.168. The molecule has 0 amide bonds. The minimum absolute atomic E-state index is 0.0205. The number of fused-ring (bicyclic) bond motifs is 1. The fraction of sp³-hybridized carbons (Fsp3) is 0.231. The standard InChI is InChI=1S/C52H53N/c1-50(2,3)39-31-29-36(30-32-39)43-23-13-15-27-47(43)53(42-21-11-10-12-22-42)48-28-16-14-24-45(48)46-26-18-20-37-19-17-25-44(49(37)46)38-33-40(51(4,5)6)35-41(34-38)52(7,8)9/h10-35H,1-9H3. The second-order valence-electron chi connectivity index (χ2n) is 17.5. The molecule has 0 saturated heterocycles. The molecule has 1 heteroatoms. The van der Waals surface area contributed by atoms with E-state index in [1.165, 1.54) is 60.8 Å². The normalized spacial score (nSPS) is 12.2. The van der Waals surface area contributed by atoms with Crippen LogP contribution in [0, 0.1) is 0 Å². The van der Waals surface area contributed by atoms with Crippen LogP contribution < -0.4 is 4.90 Å². The first-order chi connectivity index (χ1) is 25.2. The highest BCUT2D eigenvalue weighted by molar-refractivity contribution is 6.09. The molecule has 1 nitrogen and oxygen atoms in total. The third kappa shape index (κ3) is 7.31. The lowest BCUT2D eigenvalue weighted by Crippen LogP contribution is -2.16. The predicted octanol–water partition coefficient (Wildman–Crippen LogP) is 15.2. The van der Waals surface area contributed by atoms with Crippen molar-refractivity contribution in [3.8, 4) is 33.4 Å². The van der Waals surface area contributed by atoms with Crippen molar-refractivity contribution >= 4 is 27.8 Å². The fourth-order valence-electron chi connectivity index (χ4n) is 7.40. The van der Waals surface area contributed by atoms with Crippen LogP contribution in [0.2, 0.25) is 0 Å². The number of hydrogen-bond acceptors (Lipinski definition) is 1. The zero-order chi connectivity index (χ0) is 37.5. The third-order valence-corrected chi connectivity index (χ3v) is 10.5. The van der Waals surface area contributed by atoms with Crippen LogP contribution in [0.5, 0.6) is 0 Å². The monoisotopic (exact) mass is 691 g/mol. The van der Waals surface area contributed by atoms with Gasteiger partial charge in [0.25, 0.3) is 0 Å². The summed E-state index contributed by atoms with van der Waals surface area (Å²) in [6.45, 7) is 20.7. The highest BCUT2D eigenvalue weighted by Crippen LogP contribution is 2.47. The first-order valence-corrected chi connectivity index (χ1v) is 19.0. The molecular formula is C52H53N. The number of anilines is 3. The van der Waals surface area contributed by atoms with E-state index in [2.05, 4.69) is 225 Å². The number of para-hydroxylation sites is 3. The second kappa shape index (κ2) is 13.9. The van der Waals surface area contributed by atoms with Crippen molar-refractivity contribution in [2.75, 3.05) is 4.90 Å². The summed E-state index contributed by atoms with van der Waals surface area (Å²) in [4.78, 5) is 2.45. The molecule has 0 fully saturated rings. The molecule has 7 aromatic rings. The summed E-state index contributed by atoms with van der Waals surface area (Å²) in [5, 5.41) is 2.51. The average Bonchev–Trinajstić information content (AvgIpc) is 3.14. The number of hydrogen-bond donors (Lipinski definition) is 0. The van der Waals surface area contributed by atoms with Gasteiger partial charge in [-0.1, -0.05) is 196 Å². The van der Waals surface area contributed by atoms with Crippen molar-refractivity contribution in [3.63, 3.8) is 0 Å². The van der Waals surface area contributed by atoms with Crippen molar-refractivity contribution in [1.29, 1.82) is 0 Å². The van der Waals surface area contributed by atoms with Crippen LogP contribution in [0.4, 0.5) is 17.1 Å². The van der Waals surface area contributed by atoms with E-state index in [9.17, 15) is 0 Å². The van der Waals surface area contributed by atoms with Gasteiger partial charge in [0.2, 0.25) is 0 Å². The maximum Gasteiger partial charge on any atom is 0.0540 e. The summed E-state index contributed by atoms with van der Waals surface area (Å²) in [5.74, 6) is 0.